The molecule has 0 spiro atoms. The number of ether oxygens (including phenoxy) is 2. The molecule has 0 radical (unpaired) electrons. The van der Waals surface area contributed by atoms with E-state index in [1.165, 1.54) is 22.2 Å². The number of methoxy groups -OCH3 is 1. The number of fused-ring (bicyclic) bond motifs is 3. The van der Waals surface area contributed by atoms with Crippen molar-refractivity contribution in [3.63, 3.8) is 0 Å². The van der Waals surface area contributed by atoms with Gasteiger partial charge in [-0.25, -0.2) is 0 Å². The van der Waals surface area contributed by atoms with Gasteiger partial charge in [-0.05, 0) is 35.7 Å². The Bertz CT molecular complexity index is 774. The zero-order chi connectivity index (χ0) is 14.2. The molecular formula is C18H17NO2. The third-order valence-electron chi connectivity index (χ3n) is 4.16. The molecule has 0 aliphatic carbocycles. The van der Waals surface area contributed by atoms with Gasteiger partial charge in [-0.3, -0.25) is 0 Å². The summed E-state index contributed by atoms with van der Waals surface area (Å²) >= 11 is 0. The summed E-state index contributed by atoms with van der Waals surface area (Å²) in [4.78, 5) is 3.54. The molecule has 21 heavy (non-hydrogen) atoms. The molecule has 0 unspecified atom stereocenters. The third-order valence-corrected chi connectivity index (χ3v) is 4.16. The number of rotatable bonds is 2. The summed E-state index contributed by atoms with van der Waals surface area (Å²) in [7, 11) is 1.68. The van der Waals surface area contributed by atoms with Crippen LogP contribution in [0.3, 0.4) is 0 Å². The van der Waals surface area contributed by atoms with Gasteiger partial charge in [0.2, 0.25) is 0 Å². The first kappa shape index (κ1) is 12.5. The largest absolute Gasteiger partial charge is 0.497 e. The van der Waals surface area contributed by atoms with E-state index in [4.69, 9.17) is 9.47 Å². The highest BCUT2D eigenvalue weighted by atomic mass is 16.5. The lowest BCUT2D eigenvalue weighted by molar-refractivity contribution is 0.0677. The van der Waals surface area contributed by atoms with E-state index in [0.29, 0.717) is 0 Å². The quantitative estimate of drug-likeness (QED) is 0.773. The predicted molar refractivity (Wildman–Crippen MR) is 82.8 cm³/mol. The van der Waals surface area contributed by atoms with Crippen LogP contribution in [0, 0.1) is 0 Å². The number of hydrogen-bond donors (Lipinski definition) is 1. The first-order chi connectivity index (χ1) is 10.4. The highest BCUT2D eigenvalue weighted by Crippen LogP contribution is 2.36. The van der Waals surface area contributed by atoms with Gasteiger partial charge < -0.3 is 14.5 Å². The number of hydrogen-bond acceptors (Lipinski definition) is 2. The lowest BCUT2D eigenvalue weighted by atomic mass is 9.98. The molecule has 3 nitrogen and oxygen atoms in total. The number of H-pyrrole nitrogens is 1. The molecule has 4 rings (SSSR count). The number of aromatic amines is 1. The van der Waals surface area contributed by atoms with Gasteiger partial charge in [-0.1, -0.05) is 30.3 Å². The molecule has 1 aromatic heterocycles. The fourth-order valence-electron chi connectivity index (χ4n) is 3.12. The molecule has 1 atom stereocenters. The second-order valence-electron chi connectivity index (χ2n) is 5.34. The van der Waals surface area contributed by atoms with Crippen molar-refractivity contribution in [1.82, 2.24) is 4.98 Å². The second kappa shape index (κ2) is 4.93. The maximum absolute atomic E-state index is 6.02. The normalized spacial score (nSPS) is 17.7. The van der Waals surface area contributed by atoms with E-state index < -0.39 is 0 Å². The zero-order valence-electron chi connectivity index (χ0n) is 11.9. The lowest BCUT2D eigenvalue weighted by Gasteiger charge is -2.24. The molecule has 3 heteroatoms. The van der Waals surface area contributed by atoms with Crippen LogP contribution in [0.5, 0.6) is 5.75 Å². The summed E-state index contributed by atoms with van der Waals surface area (Å²) < 4.78 is 11.2. The minimum Gasteiger partial charge on any atom is -0.497 e. The summed E-state index contributed by atoms with van der Waals surface area (Å²) in [6.45, 7) is 0.755. The summed E-state index contributed by atoms with van der Waals surface area (Å²) in [6, 6.07) is 16.6. The van der Waals surface area contributed by atoms with E-state index in [0.717, 1.165) is 24.3 Å². The van der Waals surface area contributed by atoms with E-state index in [2.05, 4.69) is 41.4 Å². The van der Waals surface area contributed by atoms with Gasteiger partial charge in [0, 0.05) is 10.9 Å². The molecule has 1 aliphatic rings. The van der Waals surface area contributed by atoms with Crippen molar-refractivity contribution in [3.05, 3.63) is 65.4 Å². The molecule has 0 saturated carbocycles. The van der Waals surface area contributed by atoms with Gasteiger partial charge in [0.15, 0.2) is 0 Å². The van der Waals surface area contributed by atoms with Crippen molar-refractivity contribution in [3.8, 4) is 5.75 Å². The number of benzene rings is 2. The van der Waals surface area contributed by atoms with Gasteiger partial charge >= 0.3 is 0 Å². The van der Waals surface area contributed by atoms with E-state index in [9.17, 15) is 0 Å². The Hall–Kier alpha value is -2.26. The first-order valence-electron chi connectivity index (χ1n) is 7.22. The fourth-order valence-corrected chi connectivity index (χ4v) is 3.12. The van der Waals surface area contributed by atoms with Crippen LogP contribution in [0.4, 0.5) is 0 Å². The second-order valence-corrected chi connectivity index (χ2v) is 5.34. The van der Waals surface area contributed by atoms with Crippen molar-refractivity contribution in [2.24, 2.45) is 0 Å². The van der Waals surface area contributed by atoms with Crippen LogP contribution in [-0.4, -0.2) is 18.7 Å². The van der Waals surface area contributed by atoms with Crippen molar-refractivity contribution < 1.29 is 9.47 Å². The van der Waals surface area contributed by atoms with E-state index in [1.807, 2.05) is 12.1 Å². The van der Waals surface area contributed by atoms with Crippen molar-refractivity contribution >= 4 is 10.9 Å². The number of nitrogens with one attached hydrogen (secondary N) is 1. The van der Waals surface area contributed by atoms with Gasteiger partial charge in [-0.2, -0.15) is 0 Å². The zero-order valence-corrected chi connectivity index (χ0v) is 11.9. The molecule has 0 fully saturated rings. The van der Waals surface area contributed by atoms with E-state index in [-0.39, 0.29) is 6.10 Å². The van der Waals surface area contributed by atoms with Crippen molar-refractivity contribution in [2.45, 2.75) is 12.5 Å². The van der Waals surface area contributed by atoms with Crippen LogP contribution < -0.4 is 4.74 Å². The van der Waals surface area contributed by atoms with Crippen LogP contribution in [0.1, 0.15) is 22.9 Å². The number of aromatic nitrogens is 1. The minimum absolute atomic E-state index is 0.0212. The van der Waals surface area contributed by atoms with E-state index in [1.54, 1.807) is 7.11 Å². The first-order valence-corrected chi connectivity index (χ1v) is 7.22. The molecule has 2 aromatic carbocycles. The summed E-state index contributed by atoms with van der Waals surface area (Å²) in [5.41, 5.74) is 4.92. The molecule has 3 aromatic rings. The van der Waals surface area contributed by atoms with Crippen LogP contribution in [0.25, 0.3) is 10.9 Å². The summed E-state index contributed by atoms with van der Waals surface area (Å²) in [5, 5.41) is 1.31. The average Bonchev–Trinajstić information content (AvgIpc) is 2.94. The lowest BCUT2D eigenvalue weighted by Crippen LogP contribution is -2.16. The van der Waals surface area contributed by atoms with Gasteiger partial charge in [0.05, 0.1) is 19.4 Å². The summed E-state index contributed by atoms with van der Waals surface area (Å²) in [6.07, 6.45) is 0.943. The Morgan fingerprint density at radius 1 is 1.10 bits per heavy atom. The number of para-hydroxylation sites is 1. The highest BCUT2D eigenvalue weighted by molar-refractivity contribution is 5.85. The monoisotopic (exact) mass is 279 g/mol. The van der Waals surface area contributed by atoms with Gasteiger partial charge in [0.1, 0.15) is 11.9 Å². The highest BCUT2D eigenvalue weighted by Gasteiger charge is 2.26. The average molecular weight is 279 g/mol. The Labute approximate surface area is 123 Å². The Kier molecular flexibility index (Phi) is 2.93. The van der Waals surface area contributed by atoms with Crippen LogP contribution in [0.2, 0.25) is 0 Å². The molecule has 0 amide bonds. The van der Waals surface area contributed by atoms with Gasteiger partial charge in [0.25, 0.3) is 0 Å². The summed E-state index contributed by atoms with van der Waals surface area (Å²) in [5.74, 6) is 0.867. The van der Waals surface area contributed by atoms with Crippen LogP contribution in [-0.2, 0) is 11.2 Å². The van der Waals surface area contributed by atoms with Gasteiger partial charge in [-0.15, -0.1) is 0 Å². The Morgan fingerprint density at radius 2 is 1.90 bits per heavy atom. The SMILES string of the molecule is COc1ccc([C@H]2OCCc3c2[nH]c2ccccc32)cc1. The smallest absolute Gasteiger partial charge is 0.123 e. The molecule has 2 heterocycles. The molecule has 0 bridgehead atoms. The van der Waals surface area contributed by atoms with Crippen molar-refractivity contribution in [2.75, 3.05) is 13.7 Å². The van der Waals surface area contributed by atoms with Crippen LogP contribution >= 0.6 is 0 Å². The van der Waals surface area contributed by atoms with Crippen molar-refractivity contribution in [1.29, 1.82) is 0 Å². The topological polar surface area (TPSA) is 34.2 Å². The Balaban J connectivity index is 1.82. The van der Waals surface area contributed by atoms with E-state index >= 15 is 0 Å². The molecule has 0 saturated heterocycles. The minimum atomic E-state index is -0.0212. The Morgan fingerprint density at radius 3 is 2.71 bits per heavy atom. The molecular weight excluding hydrogens is 262 g/mol. The maximum Gasteiger partial charge on any atom is 0.123 e. The molecule has 1 aliphatic heterocycles. The third kappa shape index (κ3) is 2.01. The predicted octanol–water partition coefficient (Wildman–Crippen LogP) is 3.84. The standard InChI is InChI=1S/C18H17NO2/c1-20-13-8-6-12(7-9-13)18-17-15(10-11-21-18)14-4-2-3-5-16(14)19-17/h2-9,18-19H,10-11H2,1H3/t18-/m1/s1. The fraction of sp³-hybridized carbons (Fsp3) is 0.222. The molecule has 106 valence electrons. The maximum atomic E-state index is 6.02. The van der Waals surface area contributed by atoms with Crippen LogP contribution in [0.15, 0.2) is 48.5 Å². The molecule has 1 N–H and O–H groups in total.